The van der Waals surface area contributed by atoms with Gasteiger partial charge in [0.1, 0.15) is 11.5 Å². The molecule has 6 heteroatoms. The van der Waals surface area contributed by atoms with Gasteiger partial charge in [-0.15, -0.1) is 0 Å². The van der Waals surface area contributed by atoms with Gasteiger partial charge in [0.2, 0.25) is 0 Å². The Bertz CT molecular complexity index is 932. The number of hydrogen-bond acceptors (Lipinski definition) is 5. The molecule has 2 heterocycles. The number of carbonyl (C=O) groups excluding carboxylic acids is 1. The molecule has 0 aromatic heterocycles. The smallest absolute Gasteiger partial charge is 0.257 e. The standard InChI is InChI=1S/C26H33N3O3/c1-4-32-23-11-7-21(8-12-23)25-17-24(20-5-9-22(31-3)10-6-20)27-29(25)26(30)18-28-15-13-19(2)14-16-28/h5-12,19,25H,4,13-18H2,1-3H3/t25-/m0/s1. The maximum Gasteiger partial charge on any atom is 0.257 e. The van der Waals surface area contributed by atoms with Crippen molar-refractivity contribution < 1.29 is 14.3 Å². The van der Waals surface area contributed by atoms with Crippen molar-refractivity contribution in [1.82, 2.24) is 9.91 Å². The molecular weight excluding hydrogens is 402 g/mol. The Labute approximate surface area is 190 Å². The summed E-state index contributed by atoms with van der Waals surface area (Å²) in [5, 5.41) is 6.51. The van der Waals surface area contributed by atoms with E-state index >= 15 is 0 Å². The fourth-order valence-electron chi connectivity index (χ4n) is 4.39. The summed E-state index contributed by atoms with van der Waals surface area (Å²) >= 11 is 0. The third-order valence-corrected chi connectivity index (χ3v) is 6.40. The summed E-state index contributed by atoms with van der Waals surface area (Å²) in [6.45, 7) is 7.26. The molecule has 1 amide bonds. The van der Waals surface area contributed by atoms with Crippen molar-refractivity contribution in [2.45, 2.75) is 39.2 Å². The third-order valence-electron chi connectivity index (χ3n) is 6.40. The van der Waals surface area contributed by atoms with Crippen molar-refractivity contribution in [1.29, 1.82) is 0 Å². The zero-order chi connectivity index (χ0) is 22.5. The largest absolute Gasteiger partial charge is 0.497 e. The van der Waals surface area contributed by atoms with Gasteiger partial charge in [-0.05, 0) is 86.3 Å². The minimum Gasteiger partial charge on any atom is -0.497 e. The molecule has 1 atom stereocenters. The van der Waals surface area contributed by atoms with E-state index in [4.69, 9.17) is 14.6 Å². The average Bonchev–Trinajstić information content (AvgIpc) is 3.27. The molecular formula is C26H33N3O3. The lowest BCUT2D eigenvalue weighted by atomic mass is 9.98. The number of hydrazone groups is 1. The highest BCUT2D eigenvalue weighted by Crippen LogP contribution is 2.34. The molecule has 4 rings (SSSR count). The van der Waals surface area contributed by atoms with Gasteiger partial charge in [0.05, 0.1) is 32.0 Å². The SMILES string of the molecule is CCOc1ccc([C@@H]2CC(c3ccc(OC)cc3)=NN2C(=O)CN2CCC(C)CC2)cc1. The van der Waals surface area contributed by atoms with E-state index < -0.39 is 0 Å². The number of piperidine rings is 1. The van der Waals surface area contributed by atoms with E-state index in [2.05, 4.69) is 11.8 Å². The Morgan fingerprint density at radius 2 is 1.69 bits per heavy atom. The Kier molecular flexibility index (Phi) is 7.10. The predicted molar refractivity (Wildman–Crippen MR) is 126 cm³/mol. The molecule has 2 aromatic rings. The van der Waals surface area contributed by atoms with Crippen molar-refractivity contribution in [2.24, 2.45) is 11.0 Å². The highest BCUT2D eigenvalue weighted by Gasteiger charge is 2.34. The van der Waals surface area contributed by atoms with Crippen LogP contribution in [0.2, 0.25) is 0 Å². The van der Waals surface area contributed by atoms with Gasteiger partial charge in [0.15, 0.2) is 0 Å². The second kappa shape index (κ2) is 10.2. The van der Waals surface area contributed by atoms with Crippen LogP contribution >= 0.6 is 0 Å². The van der Waals surface area contributed by atoms with Crippen LogP contribution < -0.4 is 9.47 Å². The number of amides is 1. The third kappa shape index (κ3) is 5.13. The Morgan fingerprint density at radius 3 is 2.31 bits per heavy atom. The Balaban J connectivity index is 1.56. The summed E-state index contributed by atoms with van der Waals surface area (Å²) in [5.74, 6) is 2.44. The van der Waals surface area contributed by atoms with E-state index in [0.29, 0.717) is 19.6 Å². The number of carbonyl (C=O) groups is 1. The molecule has 0 aliphatic carbocycles. The minimum atomic E-state index is -0.112. The van der Waals surface area contributed by atoms with Gasteiger partial charge in [-0.2, -0.15) is 5.10 Å². The monoisotopic (exact) mass is 435 g/mol. The zero-order valence-electron chi connectivity index (χ0n) is 19.3. The molecule has 0 radical (unpaired) electrons. The summed E-state index contributed by atoms with van der Waals surface area (Å²) in [5.41, 5.74) is 3.01. The molecule has 32 heavy (non-hydrogen) atoms. The predicted octanol–water partition coefficient (Wildman–Crippen LogP) is 4.50. The van der Waals surface area contributed by atoms with Gasteiger partial charge < -0.3 is 9.47 Å². The molecule has 0 saturated carbocycles. The number of hydrogen-bond donors (Lipinski definition) is 0. The summed E-state index contributed by atoms with van der Waals surface area (Å²) in [6.07, 6.45) is 2.98. The molecule has 2 aliphatic heterocycles. The maximum atomic E-state index is 13.4. The quantitative estimate of drug-likeness (QED) is 0.642. The Hall–Kier alpha value is -2.86. The lowest BCUT2D eigenvalue weighted by Gasteiger charge is -2.31. The molecule has 2 aliphatic rings. The first-order valence-corrected chi connectivity index (χ1v) is 11.6. The number of methoxy groups -OCH3 is 1. The maximum absolute atomic E-state index is 13.4. The summed E-state index contributed by atoms with van der Waals surface area (Å²) in [7, 11) is 1.66. The van der Waals surface area contributed by atoms with Gasteiger partial charge in [-0.25, -0.2) is 5.01 Å². The van der Waals surface area contributed by atoms with Crippen molar-refractivity contribution in [3.63, 3.8) is 0 Å². The van der Waals surface area contributed by atoms with Gasteiger partial charge in [-0.1, -0.05) is 19.1 Å². The van der Waals surface area contributed by atoms with Gasteiger partial charge >= 0.3 is 0 Å². The van der Waals surface area contributed by atoms with Gasteiger partial charge in [0.25, 0.3) is 5.91 Å². The van der Waals surface area contributed by atoms with E-state index in [1.165, 1.54) is 0 Å². The highest BCUT2D eigenvalue weighted by molar-refractivity contribution is 6.03. The van der Waals surface area contributed by atoms with Crippen LogP contribution in [0.25, 0.3) is 0 Å². The second-order valence-electron chi connectivity index (χ2n) is 8.69. The van der Waals surface area contributed by atoms with Crippen LogP contribution in [0, 0.1) is 5.92 Å². The molecule has 1 fully saturated rings. The number of ether oxygens (including phenoxy) is 2. The van der Waals surface area contributed by atoms with Crippen LogP contribution in [0.1, 0.15) is 50.3 Å². The van der Waals surface area contributed by atoms with E-state index in [0.717, 1.165) is 60.2 Å². The fourth-order valence-corrected chi connectivity index (χ4v) is 4.39. The van der Waals surface area contributed by atoms with Crippen molar-refractivity contribution in [3.05, 3.63) is 59.7 Å². The number of nitrogens with zero attached hydrogens (tertiary/aromatic N) is 3. The molecule has 6 nitrogen and oxygen atoms in total. The van der Waals surface area contributed by atoms with Crippen LogP contribution in [0.3, 0.4) is 0 Å². The van der Waals surface area contributed by atoms with Gasteiger partial charge in [-0.3, -0.25) is 9.69 Å². The summed E-state index contributed by atoms with van der Waals surface area (Å²) < 4.78 is 10.9. The number of likely N-dealkylation sites (tertiary alicyclic amines) is 1. The normalized spacial score (nSPS) is 19.7. The van der Waals surface area contributed by atoms with E-state index in [-0.39, 0.29) is 11.9 Å². The summed E-state index contributed by atoms with van der Waals surface area (Å²) in [4.78, 5) is 15.6. The molecule has 0 bridgehead atoms. The molecule has 2 aromatic carbocycles. The summed E-state index contributed by atoms with van der Waals surface area (Å²) in [6, 6.07) is 15.8. The van der Waals surface area contributed by atoms with Crippen molar-refractivity contribution in [3.8, 4) is 11.5 Å². The van der Waals surface area contributed by atoms with Crippen LogP contribution in [0.15, 0.2) is 53.6 Å². The van der Waals surface area contributed by atoms with Gasteiger partial charge in [0, 0.05) is 6.42 Å². The molecule has 0 unspecified atom stereocenters. The number of benzene rings is 2. The minimum absolute atomic E-state index is 0.0574. The fraction of sp³-hybridized carbons (Fsp3) is 0.462. The second-order valence-corrected chi connectivity index (χ2v) is 8.69. The first-order valence-electron chi connectivity index (χ1n) is 11.6. The molecule has 0 spiro atoms. The average molecular weight is 436 g/mol. The van der Waals surface area contributed by atoms with Crippen LogP contribution in [-0.2, 0) is 4.79 Å². The van der Waals surface area contributed by atoms with Crippen molar-refractivity contribution >= 4 is 11.6 Å². The van der Waals surface area contributed by atoms with Crippen LogP contribution in [0.5, 0.6) is 11.5 Å². The molecule has 1 saturated heterocycles. The van der Waals surface area contributed by atoms with E-state index in [1.807, 2.05) is 55.5 Å². The van der Waals surface area contributed by atoms with E-state index in [9.17, 15) is 4.79 Å². The van der Waals surface area contributed by atoms with E-state index in [1.54, 1.807) is 12.1 Å². The van der Waals surface area contributed by atoms with Crippen molar-refractivity contribution in [2.75, 3.05) is 33.4 Å². The Morgan fingerprint density at radius 1 is 1.03 bits per heavy atom. The van der Waals surface area contributed by atoms with Crippen LogP contribution in [-0.4, -0.2) is 54.9 Å². The highest BCUT2D eigenvalue weighted by atomic mass is 16.5. The molecule has 0 N–H and O–H groups in total. The zero-order valence-corrected chi connectivity index (χ0v) is 19.3. The van der Waals surface area contributed by atoms with Crippen LogP contribution in [0.4, 0.5) is 0 Å². The molecule has 170 valence electrons. The lowest BCUT2D eigenvalue weighted by Crippen LogP contribution is -2.41. The first kappa shape index (κ1) is 22.3. The number of rotatable bonds is 7. The first-order chi connectivity index (χ1) is 15.6. The topological polar surface area (TPSA) is 54.4 Å². The lowest BCUT2D eigenvalue weighted by molar-refractivity contribution is -0.134.